The van der Waals surface area contributed by atoms with Gasteiger partial charge in [-0.05, 0) is 35.2 Å². The highest BCUT2D eigenvalue weighted by atomic mass is 32.2. The van der Waals surface area contributed by atoms with Gasteiger partial charge in [-0.15, -0.1) is 0 Å². The normalized spacial score (nSPS) is 12.0. The first-order chi connectivity index (χ1) is 16.6. The largest absolute Gasteiger partial charge is 0.495 e. The second-order valence-electron chi connectivity index (χ2n) is 8.10. The van der Waals surface area contributed by atoms with Crippen LogP contribution in [0.1, 0.15) is 34.3 Å². The van der Waals surface area contributed by atoms with Crippen molar-refractivity contribution in [3.63, 3.8) is 0 Å². The Morgan fingerprint density at radius 2 is 1.74 bits per heavy atom. The van der Waals surface area contributed by atoms with Crippen LogP contribution in [-0.4, -0.2) is 39.2 Å². The third-order valence-corrected chi connectivity index (χ3v) is 6.65. The molecule has 0 saturated carbocycles. The molecule has 1 atom stereocenters. The lowest BCUT2D eigenvalue weighted by atomic mass is 10.0. The molecule has 3 aromatic carbocycles. The summed E-state index contributed by atoms with van der Waals surface area (Å²) in [5.74, 6) is 0.0943. The Bertz CT molecular complexity index is 1290. The van der Waals surface area contributed by atoms with Crippen LogP contribution in [0.15, 0.2) is 72.8 Å². The molecule has 3 aromatic rings. The minimum absolute atomic E-state index is 0.0564. The number of nitrogens with zero attached hydrogens (tertiary/aromatic N) is 2. The number of non-ortho nitro benzene ring substituents is 1. The van der Waals surface area contributed by atoms with Crippen LogP contribution < -0.4 is 14.4 Å². The number of nitrogens with one attached hydrogen (secondary N) is 1. The summed E-state index contributed by atoms with van der Waals surface area (Å²) in [6.07, 6.45) is 1.01. The minimum atomic E-state index is -3.81. The molecule has 0 heterocycles. The molecule has 0 fully saturated rings. The maximum Gasteiger partial charge on any atom is 0.271 e. The molecule has 35 heavy (non-hydrogen) atoms. The van der Waals surface area contributed by atoms with Gasteiger partial charge in [-0.2, -0.15) is 0 Å². The number of anilines is 1. The van der Waals surface area contributed by atoms with Crippen molar-refractivity contribution in [2.75, 3.05) is 24.2 Å². The van der Waals surface area contributed by atoms with Gasteiger partial charge < -0.3 is 10.1 Å². The molecular formula is C25H27N3O6S. The van der Waals surface area contributed by atoms with Gasteiger partial charge in [0, 0.05) is 24.2 Å². The van der Waals surface area contributed by atoms with Gasteiger partial charge in [-0.1, -0.05) is 49.4 Å². The second kappa shape index (κ2) is 11.0. The van der Waals surface area contributed by atoms with Crippen molar-refractivity contribution >= 4 is 27.3 Å². The lowest BCUT2D eigenvalue weighted by molar-refractivity contribution is -0.384. The lowest BCUT2D eigenvalue weighted by Gasteiger charge is -2.24. The number of carbonyl (C=O) groups excluding carboxylic acids is 1. The van der Waals surface area contributed by atoms with Crippen LogP contribution in [0.5, 0.6) is 5.75 Å². The van der Waals surface area contributed by atoms with Crippen molar-refractivity contribution in [3.8, 4) is 5.75 Å². The van der Waals surface area contributed by atoms with E-state index >= 15 is 0 Å². The molecule has 1 N–H and O–H groups in total. The van der Waals surface area contributed by atoms with Crippen LogP contribution in [-0.2, 0) is 16.6 Å². The molecule has 0 aliphatic heterocycles. The number of sulfonamides is 1. The zero-order valence-corrected chi connectivity index (χ0v) is 20.5. The van der Waals surface area contributed by atoms with E-state index in [0.29, 0.717) is 17.7 Å². The summed E-state index contributed by atoms with van der Waals surface area (Å²) in [4.78, 5) is 23.2. The van der Waals surface area contributed by atoms with E-state index in [1.807, 2.05) is 37.3 Å². The van der Waals surface area contributed by atoms with E-state index in [1.54, 1.807) is 24.3 Å². The van der Waals surface area contributed by atoms with Crippen molar-refractivity contribution < 1.29 is 22.9 Å². The maximum absolute atomic E-state index is 12.6. The van der Waals surface area contributed by atoms with Crippen LogP contribution in [0.2, 0.25) is 0 Å². The Balaban J connectivity index is 1.76. The van der Waals surface area contributed by atoms with E-state index in [1.165, 1.54) is 19.2 Å². The van der Waals surface area contributed by atoms with Gasteiger partial charge in [0.05, 0.1) is 24.8 Å². The smallest absolute Gasteiger partial charge is 0.271 e. The molecule has 0 unspecified atom stereocenters. The number of benzene rings is 3. The number of hydrogen-bond acceptors (Lipinski definition) is 6. The molecule has 3 rings (SSSR count). The number of carbonyl (C=O) groups is 1. The highest BCUT2D eigenvalue weighted by Crippen LogP contribution is 2.34. The third-order valence-electron chi connectivity index (χ3n) is 5.52. The predicted molar refractivity (Wildman–Crippen MR) is 134 cm³/mol. The van der Waals surface area contributed by atoms with Gasteiger partial charge in [0.25, 0.3) is 11.6 Å². The fraction of sp³-hybridized carbons (Fsp3) is 0.240. The molecule has 1 amide bonds. The number of amides is 1. The van der Waals surface area contributed by atoms with E-state index in [9.17, 15) is 23.3 Å². The summed E-state index contributed by atoms with van der Waals surface area (Å²) in [5.41, 5.74) is 1.96. The van der Waals surface area contributed by atoms with Crippen LogP contribution in [0, 0.1) is 10.1 Å². The van der Waals surface area contributed by atoms with Gasteiger partial charge >= 0.3 is 0 Å². The van der Waals surface area contributed by atoms with Crippen LogP contribution in [0.3, 0.4) is 0 Å². The van der Waals surface area contributed by atoms with E-state index in [4.69, 9.17) is 4.74 Å². The molecule has 0 spiro atoms. The molecule has 10 heteroatoms. The number of hydrogen-bond donors (Lipinski definition) is 1. The molecule has 0 aromatic heterocycles. The van der Waals surface area contributed by atoms with Crippen molar-refractivity contribution in [2.45, 2.75) is 19.4 Å². The quantitative estimate of drug-likeness (QED) is 0.333. The Morgan fingerprint density at radius 1 is 1.09 bits per heavy atom. The zero-order valence-electron chi connectivity index (χ0n) is 19.7. The molecule has 184 valence electrons. The van der Waals surface area contributed by atoms with E-state index in [2.05, 4.69) is 5.32 Å². The maximum atomic E-state index is 12.6. The van der Waals surface area contributed by atoms with Crippen LogP contribution in [0.25, 0.3) is 0 Å². The summed E-state index contributed by atoms with van der Waals surface area (Å²) in [5, 5.41) is 14.1. The second-order valence-corrected chi connectivity index (χ2v) is 10.0. The molecule has 0 radical (unpaired) electrons. The minimum Gasteiger partial charge on any atom is -0.495 e. The van der Waals surface area contributed by atoms with Crippen LogP contribution in [0.4, 0.5) is 11.4 Å². The lowest BCUT2D eigenvalue weighted by Crippen LogP contribution is -2.30. The first kappa shape index (κ1) is 25.7. The van der Waals surface area contributed by atoms with Crippen LogP contribution >= 0.6 is 0 Å². The number of methoxy groups -OCH3 is 1. The topological polar surface area (TPSA) is 119 Å². The molecule has 0 aliphatic carbocycles. The zero-order chi connectivity index (χ0) is 25.6. The van der Waals surface area contributed by atoms with Crippen molar-refractivity contribution in [1.29, 1.82) is 0 Å². The Morgan fingerprint density at radius 3 is 2.31 bits per heavy atom. The van der Waals surface area contributed by atoms with Crippen molar-refractivity contribution in [2.24, 2.45) is 0 Å². The van der Waals surface area contributed by atoms with Gasteiger partial charge in [-0.3, -0.25) is 19.2 Å². The summed E-state index contributed by atoms with van der Waals surface area (Å²) < 4.78 is 31.4. The van der Waals surface area contributed by atoms with E-state index in [-0.39, 0.29) is 35.5 Å². The number of nitro benzene ring substituents is 1. The molecule has 0 bridgehead atoms. The van der Waals surface area contributed by atoms with Gasteiger partial charge in [0.15, 0.2) is 0 Å². The molecule has 0 aliphatic rings. The average molecular weight is 498 g/mol. The Hall–Kier alpha value is -3.92. The summed E-state index contributed by atoms with van der Waals surface area (Å²) in [6, 6.07) is 20.2. The summed E-state index contributed by atoms with van der Waals surface area (Å²) in [7, 11) is -2.45. The molecular weight excluding hydrogens is 470 g/mol. The SMILES string of the molecule is COc1ccc([N+](=O)[O-])cc1N(Cc1ccc(C(=O)NC[C@H](C)c2ccccc2)cc1)S(C)(=O)=O. The highest BCUT2D eigenvalue weighted by Gasteiger charge is 2.24. The summed E-state index contributed by atoms with van der Waals surface area (Å²) >= 11 is 0. The third kappa shape index (κ3) is 6.57. The number of ether oxygens (including phenoxy) is 1. The van der Waals surface area contributed by atoms with Gasteiger partial charge in [-0.25, -0.2) is 8.42 Å². The van der Waals surface area contributed by atoms with Gasteiger partial charge in [0.1, 0.15) is 11.4 Å². The number of nitro groups is 1. The highest BCUT2D eigenvalue weighted by molar-refractivity contribution is 7.92. The molecule has 9 nitrogen and oxygen atoms in total. The van der Waals surface area contributed by atoms with Crippen molar-refractivity contribution in [1.82, 2.24) is 5.32 Å². The first-order valence-electron chi connectivity index (χ1n) is 10.8. The Kier molecular flexibility index (Phi) is 8.08. The van der Waals surface area contributed by atoms with E-state index < -0.39 is 14.9 Å². The molecule has 0 saturated heterocycles. The predicted octanol–water partition coefficient (Wildman–Crippen LogP) is 4.10. The average Bonchev–Trinajstić information content (AvgIpc) is 2.85. The van der Waals surface area contributed by atoms with E-state index in [0.717, 1.165) is 22.2 Å². The van der Waals surface area contributed by atoms with Gasteiger partial charge in [0.2, 0.25) is 10.0 Å². The first-order valence-corrected chi connectivity index (χ1v) is 12.7. The standard InChI is InChI=1S/C25H27N3O6S/c1-18(20-7-5-4-6-8-20)16-26-25(29)21-11-9-19(10-12-21)17-27(35(3,32)33)23-15-22(28(30)31)13-14-24(23)34-2/h4-15,18H,16-17H2,1-3H3,(H,26,29)/t18-/m0/s1. The fourth-order valence-electron chi connectivity index (χ4n) is 3.54. The number of rotatable bonds is 10. The fourth-order valence-corrected chi connectivity index (χ4v) is 4.43. The van der Waals surface area contributed by atoms with Crippen molar-refractivity contribution in [3.05, 3.63) is 99.6 Å². The summed E-state index contributed by atoms with van der Waals surface area (Å²) in [6.45, 7) is 2.41. The Labute approximate surface area is 204 Å². The monoisotopic (exact) mass is 497 g/mol.